The number of hydrogen-bond acceptors (Lipinski definition) is 7. The smallest absolute Gasteiger partial charge is 0.328 e. The van der Waals surface area contributed by atoms with Crippen LogP contribution in [0.15, 0.2) is 59.1 Å². The topological polar surface area (TPSA) is 122 Å². The Morgan fingerprint density at radius 2 is 1.78 bits per heavy atom. The quantitative estimate of drug-likeness (QED) is 0.326. The van der Waals surface area contributed by atoms with Crippen molar-refractivity contribution >= 4 is 22.9 Å². The van der Waals surface area contributed by atoms with E-state index in [0.717, 1.165) is 61.5 Å². The highest BCUT2D eigenvalue weighted by atomic mass is 19.1. The molecule has 0 atom stereocenters. The lowest BCUT2D eigenvalue weighted by Crippen LogP contribution is -2.34. The Kier molecular flexibility index (Phi) is 9.82. The lowest BCUT2D eigenvalue weighted by atomic mass is 9.91. The van der Waals surface area contributed by atoms with Crippen LogP contribution < -0.4 is 9.47 Å². The Bertz CT molecular complexity index is 1170. The highest BCUT2D eigenvalue weighted by Crippen LogP contribution is 2.33. The third-order valence-electron chi connectivity index (χ3n) is 5.75. The number of ether oxygens (including phenoxy) is 2. The molecule has 2 heterocycles. The molecular formula is C26H29FN2O7. The molecule has 0 radical (unpaired) electrons. The van der Waals surface area contributed by atoms with Crippen molar-refractivity contribution in [3.8, 4) is 11.5 Å². The first kappa shape index (κ1) is 26.7. The summed E-state index contributed by atoms with van der Waals surface area (Å²) in [5.74, 6) is -0.881. The maximum atomic E-state index is 13.3. The number of hydrogen-bond donors (Lipinski definition) is 2. The summed E-state index contributed by atoms with van der Waals surface area (Å²) in [5, 5.41) is 20.8. The first-order chi connectivity index (χ1) is 17.4. The molecule has 0 unspecified atom stereocenters. The van der Waals surface area contributed by atoms with Gasteiger partial charge < -0.3 is 29.1 Å². The van der Waals surface area contributed by atoms with E-state index in [2.05, 4.69) is 10.1 Å². The predicted molar refractivity (Wildman–Crippen MR) is 130 cm³/mol. The van der Waals surface area contributed by atoms with E-state index in [1.54, 1.807) is 13.2 Å². The van der Waals surface area contributed by atoms with E-state index in [9.17, 15) is 14.0 Å². The van der Waals surface area contributed by atoms with Crippen LogP contribution in [0.3, 0.4) is 0 Å². The van der Waals surface area contributed by atoms with Gasteiger partial charge in [-0.05, 0) is 56.6 Å². The molecule has 4 rings (SSSR count). The molecule has 1 saturated heterocycles. The summed E-state index contributed by atoms with van der Waals surface area (Å²) in [5.41, 5.74) is 1.50. The molecule has 0 aliphatic carbocycles. The minimum absolute atomic E-state index is 0.291. The number of piperidine rings is 1. The van der Waals surface area contributed by atoms with Crippen LogP contribution in [0.2, 0.25) is 0 Å². The van der Waals surface area contributed by atoms with Gasteiger partial charge in [0.1, 0.15) is 5.82 Å². The fraction of sp³-hybridized carbons (Fsp3) is 0.346. The van der Waals surface area contributed by atoms with E-state index >= 15 is 0 Å². The number of para-hydroxylation sites is 2. The Morgan fingerprint density at radius 3 is 2.42 bits per heavy atom. The number of likely N-dealkylation sites (tertiary alicyclic amines) is 1. The fourth-order valence-electron chi connectivity index (χ4n) is 4.01. The molecule has 2 N–H and O–H groups in total. The van der Waals surface area contributed by atoms with E-state index in [1.807, 2.05) is 24.3 Å². The van der Waals surface area contributed by atoms with Crippen molar-refractivity contribution in [2.24, 2.45) is 0 Å². The average molecular weight is 501 g/mol. The highest BCUT2D eigenvalue weighted by molar-refractivity contribution is 5.89. The van der Waals surface area contributed by atoms with Crippen LogP contribution in [0.25, 0.3) is 11.0 Å². The molecule has 2 aromatic carbocycles. The predicted octanol–water partition coefficient (Wildman–Crippen LogP) is 4.34. The van der Waals surface area contributed by atoms with Crippen molar-refractivity contribution in [1.29, 1.82) is 0 Å². The SMILES string of the molecule is COc1ccccc1OCCCN1CCC(c2noc3cc(F)ccc23)CC1.O=C(O)C=CC(=O)O. The minimum atomic E-state index is -1.26. The van der Waals surface area contributed by atoms with E-state index < -0.39 is 11.9 Å². The molecule has 192 valence electrons. The number of fused-ring (bicyclic) bond motifs is 1. The third-order valence-corrected chi connectivity index (χ3v) is 5.75. The molecule has 0 spiro atoms. The van der Waals surface area contributed by atoms with Crippen LogP contribution >= 0.6 is 0 Å². The Morgan fingerprint density at radius 1 is 1.11 bits per heavy atom. The largest absolute Gasteiger partial charge is 0.493 e. The maximum absolute atomic E-state index is 13.3. The summed E-state index contributed by atoms with van der Waals surface area (Å²) < 4.78 is 29.8. The number of aliphatic carboxylic acids is 2. The highest BCUT2D eigenvalue weighted by Gasteiger charge is 2.25. The summed E-state index contributed by atoms with van der Waals surface area (Å²) in [6.07, 6.45) is 4.15. The number of halogens is 1. The van der Waals surface area contributed by atoms with Crippen molar-refractivity contribution in [3.05, 3.63) is 66.1 Å². The van der Waals surface area contributed by atoms with Crippen molar-refractivity contribution in [2.75, 3.05) is 33.4 Å². The van der Waals surface area contributed by atoms with Crippen molar-refractivity contribution in [2.45, 2.75) is 25.2 Å². The van der Waals surface area contributed by atoms with Crippen LogP contribution in [-0.2, 0) is 9.59 Å². The first-order valence-electron chi connectivity index (χ1n) is 11.5. The van der Waals surface area contributed by atoms with Crippen LogP contribution in [0.5, 0.6) is 11.5 Å². The van der Waals surface area contributed by atoms with Crippen molar-refractivity contribution in [3.63, 3.8) is 0 Å². The summed E-state index contributed by atoms with van der Waals surface area (Å²) in [6.45, 7) is 3.72. The molecule has 10 heteroatoms. The second kappa shape index (κ2) is 13.2. The molecule has 1 fully saturated rings. The van der Waals surface area contributed by atoms with Crippen LogP contribution in [-0.4, -0.2) is 65.6 Å². The molecule has 0 saturated carbocycles. The van der Waals surface area contributed by atoms with Gasteiger partial charge in [0, 0.05) is 36.1 Å². The van der Waals surface area contributed by atoms with Gasteiger partial charge in [0.15, 0.2) is 17.1 Å². The number of carboxylic acids is 2. The van der Waals surface area contributed by atoms with E-state index in [0.29, 0.717) is 30.3 Å². The minimum Gasteiger partial charge on any atom is -0.493 e. The van der Waals surface area contributed by atoms with Crippen LogP contribution in [0.1, 0.15) is 30.9 Å². The summed E-state index contributed by atoms with van der Waals surface area (Å²) in [6, 6.07) is 12.4. The third kappa shape index (κ3) is 7.81. The van der Waals surface area contributed by atoms with Gasteiger partial charge in [0.25, 0.3) is 0 Å². The Labute approximate surface area is 207 Å². The second-order valence-corrected chi connectivity index (χ2v) is 8.19. The van der Waals surface area contributed by atoms with Gasteiger partial charge in [-0.1, -0.05) is 17.3 Å². The van der Waals surface area contributed by atoms with Gasteiger partial charge in [0.05, 0.1) is 19.4 Å². The van der Waals surface area contributed by atoms with Gasteiger partial charge in [-0.15, -0.1) is 0 Å². The number of carboxylic acid groups (broad SMARTS) is 2. The Hall–Kier alpha value is -3.92. The number of methoxy groups -OCH3 is 1. The number of aromatic nitrogens is 1. The molecular weight excluding hydrogens is 471 g/mol. The number of rotatable bonds is 9. The molecule has 1 aromatic heterocycles. The van der Waals surface area contributed by atoms with E-state index in [4.69, 9.17) is 24.2 Å². The summed E-state index contributed by atoms with van der Waals surface area (Å²) in [7, 11) is 1.65. The average Bonchev–Trinajstić information content (AvgIpc) is 3.29. The lowest BCUT2D eigenvalue weighted by molar-refractivity contribution is -0.134. The van der Waals surface area contributed by atoms with Crippen molar-refractivity contribution in [1.82, 2.24) is 10.1 Å². The van der Waals surface area contributed by atoms with Gasteiger partial charge in [0.2, 0.25) is 0 Å². The van der Waals surface area contributed by atoms with Crippen molar-refractivity contribution < 1.29 is 38.2 Å². The molecule has 36 heavy (non-hydrogen) atoms. The second-order valence-electron chi connectivity index (χ2n) is 8.19. The van der Waals surface area contributed by atoms with Gasteiger partial charge in [-0.3, -0.25) is 0 Å². The normalized spacial score (nSPS) is 14.4. The number of nitrogens with zero attached hydrogens (tertiary/aromatic N) is 2. The van der Waals surface area contributed by atoms with E-state index in [1.165, 1.54) is 12.1 Å². The van der Waals surface area contributed by atoms with E-state index in [-0.39, 0.29) is 5.82 Å². The monoisotopic (exact) mass is 500 g/mol. The molecule has 3 aromatic rings. The van der Waals surface area contributed by atoms with Crippen LogP contribution in [0.4, 0.5) is 4.39 Å². The maximum Gasteiger partial charge on any atom is 0.328 e. The van der Waals surface area contributed by atoms with Crippen LogP contribution in [0, 0.1) is 5.82 Å². The standard InChI is InChI=1S/C22H25FN2O3.C4H4O4/c1-26-19-5-2-3-6-20(19)27-14-4-11-25-12-9-16(10-13-25)22-18-8-7-17(23)15-21(18)28-24-22;5-3(6)1-2-4(7)8/h2-3,5-8,15-16H,4,9-14H2,1H3;1-2H,(H,5,6)(H,7,8). The lowest BCUT2D eigenvalue weighted by Gasteiger charge is -2.31. The zero-order chi connectivity index (χ0) is 25.9. The molecule has 9 nitrogen and oxygen atoms in total. The number of carbonyl (C=O) groups is 2. The zero-order valence-corrected chi connectivity index (χ0v) is 19.9. The van der Waals surface area contributed by atoms with Gasteiger partial charge in [-0.2, -0.15) is 0 Å². The Balaban J connectivity index is 0.000000392. The first-order valence-corrected chi connectivity index (χ1v) is 11.5. The summed E-state index contributed by atoms with van der Waals surface area (Å²) >= 11 is 0. The van der Waals surface area contributed by atoms with Gasteiger partial charge >= 0.3 is 11.9 Å². The molecule has 0 amide bonds. The molecule has 1 aliphatic rings. The molecule has 1 aliphatic heterocycles. The number of benzene rings is 2. The van der Waals surface area contributed by atoms with Gasteiger partial charge in [-0.25, -0.2) is 14.0 Å². The fourth-order valence-corrected chi connectivity index (χ4v) is 4.01. The summed E-state index contributed by atoms with van der Waals surface area (Å²) in [4.78, 5) is 21.6. The molecule has 0 bridgehead atoms. The zero-order valence-electron chi connectivity index (χ0n) is 19.9.